The SMILES string of the molecule is O=S(=O)(NC1CCCCCC1)c1ccc(-c2ccccc2)cc1. The van der Waals surface area contributed by atoms with Crippen LogP contribution in [-0.2, 0) is 10.0 Å². The van der Waals surface area contributed by atoms with Crippen molar-refractivity contribution in [1.29, 1.82) is 0 Å². The molecule has 0 aromatic heterocycles. The summed E-state index contributed by atoms with van der Waals surface area (Å²) in [5.41, 5.74) is 2.12. The Morgan fingerprint density at radius 2 is 1.30 bits per heavy atom. The third-order valence-corrected chi connectivity index (χ3v) is 5.99. The average molecular weight is 329 g/mol. The van der Waals surface area contributed by atoms with Crippen LogP contribution in [0, 0.1) is 0 Å². The van der Waals surface area contributed by atoms with Gasteiger partial charge in [0.15, 0.2) is 0 Å². The second kappa shape index (κ2) is 7.28. The Hall–Kier alpha value is -1.65. The fraction of sp³-hybridized carbons (Fsp3) is 0.368. The first-order chi connectivity index (χ1) is 11.1. The monoisotopic (exact) mass is 329 g/mol. The van der Waals surface area contributed by atoms with E-state index in [4.69, 9.17) is 0 Å². The lowest BCUT2D eigenvalue weighted by molar-refractivity contribution is 0.510. The van der Waals surface area contributed by atoms with E-state index in [9.17, 15) is 8.42 Å². The normalized spacial score (nSPS) is 16.9. The molecule has 0 bridgehead atoms. The Morgan fingerprint density at radius 3 is 1.91 bits per heavy atom. The molecule has 1 fully saturated rings. The smallest absolute Gasteiger partial charge is 0.208 e. The minimum atomic E-state index is -3.43. The zero-order valence-electron chi connectivity index (χ0n) is 13.2. The first kappa shape index (κ1) is 16.2. The van der Waals surface area contributed by atoms with Gasteiger partial charge in [-0.15, -0.1) is 0 Å². The molecular formula is C19H23NO2S. The average Bonchev–Trinajstić information content (AvgIpc) is 2.84. The molecule has 23 heavy (non-hydrogen) atoms. The summed E-state index contributed by atoms with van der Waals surface area (Å²) in [6, 6.07) is 17.2. The Morgan fingerprint density at radius 1 is 0.739 bits per heavy atom. The van der Waals surface area contributed by atoms with E-state index >= 15 is 0 Å². The highest BCUT2D eigenvalue weighted by Gasteiger charge is 2.21. The van der Waals surface area contributed by atoms with Gasteiger partial charge in [-0.25, -0.2) is 13.1 Å². The van der Waals surface area contributed by atoms with Gasteiger partial charge in [0.25, 0.3) is 0 Å². The van der Waals surface area contributed by atoms with Gasteiger partial charge in [0.05, 0.1) is 4.90 Å². The number of sulfonamides is 1. The maximum Gasteiger partial charge on any atom is 0.240 e. The van der Waals surface area contributed by atoms with E-state index in [2.05, 4.69) is 4.72 Å². The highest BCUT2D eigenvalue weighted by Crippen LogP contribution is 2.23. The Bertz CT molecular complexity index is 716. The van der Waals surface area contributed by atoms with Gasteiger partial charge in [-0.2, -0.15) is 0 Å². The molecule has 0 atom stereocenters. The van der Waals surface area contributed by atoms with Crippen molar-refractivity contribution in [3.8, 4) is 11.1 Å². The molecule has 3 nitrogen and oxygen atoms in total. The molecule has 3 rings (SSSR count). The maximum absolute atomic E-state index is 12.5. The molecule has 0 radical (unpaired) electrons. The molecule has 1 N–H and O–H groups in total. The first-order valence-corrected chi connectivity index (χ1v) is 9.81. The number of hydrogen-bond donors (Lipinski definition) is 1. The summed E-state index contributed by atoms with van der Waals surface area (Å²) in [6.45, 7) is 0. The summed E-state index contributed by atoms with van der Waals surface area (Å²) in [5, 5.41) is 0. The van der Waals surface area contributed by atoms with Crippen molar-refractivity contribution in [2.24, 2.45) is 0 Å². The first-order valence-electron chi connectivity index (χ1n) is 8.33. The number of hydrogen-bond acceptors (Lipinski definition) is 2. The van der Waals surface area contributed by atoms with E-state index in [1.54, 1.807) is 12.1 Å². The van der Waals surface area contributed by atoms with Crippen molar-refractivity contribution in [1.82, 2.24) is 4.72 Å². The molecule has 4 heteroatoms. The molecule has 0 spiro atoms. The highest BCUT2D eigenvalue weighted by molar-refractivity contribution is 7.89. The Labute approximate surface area is 138 Å². The quantitative estimate of drug-likeness (QED) is 0.847. The number of rotatable bonds is 4. The van der Waals surface area contributed by atoms with E-state index in [1.807, 2.05) is 42.5 Å². The minimum Gasteiger partial charge on any atom is -0.208 e. The van der Waals surface area contributed by atoms with Crippen LogP contribution in [0.15, 0.2) is 59.5 Å². The predicted molar refractivity (Wildman–Crippen MR) is 93.7 cm³/mol. The van der Waals surface area contributed by atoms with Crippen LogP contribution in [0.25, 0.3) is 11.1 Å². The summed E-state index contributed by atoms with van der Waals surface area (Å²) >= 11 is 0. The zero-order chi connectivity index (χ0) is 16.1. The lowest BCUT2D eigenvalue weighted by Gasteiger charge is -2.16. The van der Waals surface area contributed by atoms with Gasteiger partial charge in [-0.1, -0.05) is 68.1 Å². The van der Waals surface area contributed by atoms with Gasteiger partial charge < -0.3 is 0 Å². The third-order valence-electron chi connectivity index (χ3n) is 4.45. The molecule has 2 aromatic rings. The lowest BCUT2D eigenvalue weighted by Crippen LogP contribution is -2.34. The predicted octanol–water partition coefficient (Wildman–Crippen LogP) is 4.35. The van der Waals surface area contributed by atoms with Gasteiger partial charge >= 0.3 is 0 Å². The van der Waals surface area contributed by atoms with Crippen molar-refractivity contribution in [3.05, 3.63) is 54.6 Å². The molecule has 1 aliphatic rings. The second-order valence-corrected chi connectivity index (χ2v) is 7.91. The van der Waals surface area contributed by atoms with Crippen LogP contribution < -0.4 is 4.72 Å². The van der Waals surface area contributed by atoms with E-state index < -0.39 is 10.0 Å². The van der Waals surface area contributed by atoms with Crippen LogP contribution in [0.3, 0.4) is 0 Å². The largest absolute Gasteiger partial charge is 0.240 e. The van der Waals surface area contributed by atoms with Crippen LogP contribution in [0.1, 0.15) is 38.5 Å². The Kier molecular flexibility index (Phi) is 5.13. The summed E-state index contributed by atoms with van der Waals surface area (Å²) in [5.74, 6) is 0. The van der Waals surface area contributed by atoms with Crippen LogP contribution in [-0.4, -0.2) is 14.5 Å². The molecule has 0 amide bonds. The summed E-state index contributed by atoms with van der Waals surface area (Å²) in [7, 11) is -3.43. The van der Waals surface area contributed by atoms with Crippen molar-refractivity contribution >= 4 is 10.0 Å². The minimum absolute atomic E-state index is 0.0799. The highest BCUT2D eigenvalue weighted by atomic mass is 32.2. The van der Waals surface area contributed by atoms with Crippen molar-refractivity contribution in [3.63, 3.8) is 0 Å². The third kappa shape index (κ3) is 4.21. The molecule has 0 saturated heterocycles. The fourth-order valence-electron chi connectivity index (χ4n) is 3.14. The van der Waals surface area contributed by atoms with Gasteiger partial charge in [0.2, 0.25) is 10.0 Å². The maximum atomic E-state index is 12.5. The standard InChI is InChI=1S/C19H23NO2S/c21-23(22,20-18-10-6-1-2-7-11-18)19-14-12-17(13-15-19)16-8-4-3-5-9-16/h3-5,8-9,12-15,18,20H,1-2,6-7,10-11H2. The molecule has 122 valence electrons. The van der Waals surface area contributed by atoms with Gasteiger partial charge in [0, 0.05) is 6.04 Å². The molecule has 2 aromatic carbocycles. The van der Waals surface area contributed by atoms with Crippen LogP contribution >= 0.6 is 0 Å². The topological polar surface area (TPSA) is 46.2 Å². The van der Waals surface area contributed by atoms with Crippen molar-refractivity contribution in [2.75, 3.05) is 0 Å². The van der Waals surface area contributed by atoms with E-state index in [-0.39, 0.29) is 6.04 Å². The fourth-order valence-corrected chi connectivity index (χ4v) is 4.45. The summed E-state index contributed by atoms with van der Waals surface area (Å²) < 4.78 is 28.0. The van der Waals surface area contributed by atoms with Crippen LogP contribution in [0.2, 0.25) is 0 Å². The Balaban J connectivity index is 1.75. The van der Waals surface area contributed by atoms with E-state index in [1.165, 1.54) is 12.8 Å². The second-order valence-electron chi connectivity index (χ2n) is 6.20. The van der Waals surface area contributed by atoms with Crippen LogP contribution in [0.5, 0.6) is 0 Å². The molecule has 0 unspecified atom stereocenters. The molecule has 1 aliphatic carbocycles. The molecule has 0 heterocycles. The van der Waals surface area contributed by atoms with E-state index in [0.29, 0.717) is 4.90 Å². The van der Waals surface area contributed by atoms with Crippen LogP contribution in [0.4, 0.5) is 0 Å². The molecular weight excluding hydrogens is 306 g/mol. The lowest BCUT2D eigenvalue weighted by atomic mass is 10.1. The van der Waals surface area contributed by atoms with Gasteiger partial charge in [-0.3, -0.25) is 0 Å². The zero-order valence-corrected chi connectivity index (χ0v) is 14.1. The molecule has 0 aliphatic heterocycles. The number of benzene rings is 2. The summed E-state index contributed by atoms with van der Waals surface area (Å²) in [6.07, 6.45) is 6.54. The molecule has 1 saturated carbocycles. The van der Waals surface area contributed by atoms with Crippen molar-refractivity contribution < 1.29 is 8.42 Å². The van der Waals surface area contributed by atoms with E-state index in [0.717, 1.165) is 36.8 Å². The van der Waals surface area contributed by atoms with Gasteiger partial charge in [0.1, 0.15) is 0 Å². The van der Waals surface area contributed by atoms with Crippen molar-refractivity contribution in [2.45, 2.75) is 49.5 Å². The summed E-state index contributed by atoms with van der Waals surface area (Å²) in [4.78, 5) is 0.349. The number of nitrogens with one attached hydrogen (secondary N) is 1. The van der Waals surface area contributed by atoms with Gasteiger partial charge in [-0.05, 0) is 36.1 Å².